The molecule has 21 heavy (non-hydrogen) atoms. The lowest BCUT2D eigenvalue weighted by Gasteiger charge is -2.19. The third-order valence-electron chi connectivity index (χ3n) is 3.22. The van der Waals surface area contributed by atoms with E-state index in [0.717, 1.165) is 25.8 Å². The molecule has 1 atom stereocenters. The zero-order valence-electron chi connectivity index (χ0n) is 11.4. The first kappa shape index (κ1) is 16.8. The van der Waals surface area contributed by atoms with Gasteiger partial charge in [0.2, 0.25) is 0 Å². The third kappa shape index (κ3) is 4.20. The van der Waals surface area contributed by atoms with Gasteiger partial charge in [-0.1, -0.05) is 49.5 Å². The van der Waals surface area contributed by atoms with Gasteiger partial charge in [-0.3, -0.25) is 11.3 Å². The van der Waals surface area contributed by atoms with Crippen molar-refractivity contribution in [2.24, 2.45) is 5.84 Å². The summed E-state index contributed by atoms with van der Waals surface area (Å²) in [5, 5.41) is 0.673. The summed E-state index contributed by atoms with van der Waals surface area (Å²) in [5.74, 6) is 6.52. The number of nitrogens with one attached hydrogen (secondary N) is 1. The van der Waals surface area contributed by atoms with Crippen molar-refractivity contribution in [1.29, 1.82) is 0 Å². The summed E-state index contributed by atoms with van der Waals surface area (Å²) in [5.41, 5.74) is 4.88. The minimum absolute atomic E-state index is 0.0889. The molecule has 112 valence electrons. The van der Waals surface area contributed by atoms with Crippen LogP contribution in [0.5, 0.6) is 5.75 Å². The van der Waals surface area contributed by atoms with Gasteiger partial charge in [-0.05, 0) is 47.9 Å². The molecule has 1 unspecified atom stereocenters. The number of methoxy groups -OCH3 is 1. The fraction of sp³-hybridized carbons (Fsp3) is 0.200. The second-order valence-electron chi connectivity index (χ2n) is 4.55. The molecule has 0 amide bonds. The largest absolute Gasteiger partial charge is 0.497 e. The molecule has 0 fully saturated rings. The van der Waals surface area contributed by atoms with E-state index in [-0.39, 0.29) is 6.04 Å². The summed E-state index contributed by atoms with van der Waals surface area (Å²) in [7, 11) is 1.65. The van der Waals surface area contributed by atoms with E-state index in [1.54, 1.807) is 7.11 Å². The molecule has 0 aliphatic rings. The first-order chi connectivity index (χ1) is 10.0. The Bertz CT molecular complexity index is 637. The normalized spacial score (nSPS) is 12.2. The molecule has 0 aromatic heterocycles. The Balaban J connectivity index is 2.30. The number of nitrogens with two attached hydrogens (primary N) is 1. The smallest absolute Gasteiger partial charge is 0.119 e. The van der Waals surface area contributed by atoms with Crippen LogP contribution >= 0.6 is 43.5 Å². The minimum atomic E-state index is -0.0889. The van der Waals surface area contributed by atoms with Gasteiger partial charge in [0.05, 0.1) is 13.2 Å². The van der Waals surface area contributed by atoms with Gasteiger partial charge in [-0.25, -0.2) is 0 Å². The molecular weight excluding hydrogens is 419 g/mol. The maximum absolute atomic E-state index is 6.31. The lowest BCUT2D eigenvalue weighted by Crippen LogP contribution is -2.29. The molecule has 0 aliphatic heterocycles. The van der Waals surface area contributed by atoms with Gasteiger partial charge in [0.25, 0.3) is 0 Å². The first-order valence-electron chi connectivity index (χ1n) is 6.28. The SMILES string of the molecule is COc1ccc(Br)c(CC(NN)c2ccc(Br)cc2Cl)c1. The standard InChI is InChI=1S/C15H15Br2ClN2O/c1-21-11-3-5-13(17)9(6-11)7-15(20-19)12-4-2-10(16)8-14(12)18/h2-6,8,15,20H,7,19H2,1H3. The molecular formula is C15H15Br2ClN2O. The summed E-state index contributed by atoms with van der Waals surface area (Å²) in [6.45, 7) is 0. The fourth-order valence-corrected chi connectivity index (χ4v) is 3.31. The molecule has 2 aromatic carbocycles. The van der Waals surface area contributed by atoms with Crippen molar-refractivity contribution in [2.45, 2.75) is 12.5 Å². The monoisotopic (exact) mass is 432 g/mol. The second kappa shape index (κ2) is 7.61. The molecule has 0 bridgehead atoms. The molecule has 0 saturated carbocycles. The van der Waals surface area contributed by atoms with E-state index < -0.39 is 0 Å². The summed E-state index contributed by atoms with van der Waals surface area (Å²) in [4.78, 5) is 0. The van der Waals surface area contributed by atoms with Crippen LogP contribution in [0.3, 0.4) is 0 Å². The highest BCUT2D eigenvalue weighted by Gasteiger charge is 2.16. The second-order valence-corrected chi connectivity index (χ2v) is 6.72. The van der Waals surface area contributed by atoms with E-state index in [0.29, 0.717) is 11.4 Å². The van der Waals surface area contributed by atoms with Gasteiger partial charge in [0, 0.05) is 14.0 Å². The van der Waals surface area contributed by atoms with E-state index in [4.69, 9.17) is 22.2 Å². The van der Waals surface area contributed by atoms with E-state index in [9.17, 15) is 0 Å². The number of hydrogen-bond acceptors (Lipinski definition) is 3. The van der Waals surface area contributed by atoms with E-state index in [2.05, 4.69) is 37.3 Å². The molecule has 2 rings (SSSR count). The molecule has 0 aliphatic carbocycles. The summed E-state index contributed by atoms with van der Waals surface area (Å²) < 4.78 is 7.22. The average molecular weight is 435 g/mol. The van der Waals surface area contributed by atoms with Crippen molar-refractivity contribution in [2.75, 3.05) is 7.11 Å². The quantitative estimate of drug-likeness (QED) is 0.533. The van der Waals surface area contributed by atoms with Crippen molar-refractivity contribution >= 4 is 43.5 Å². The molecule has 0 radical (unpaired) electrons. The highest BCUT2D eigenvalue weighted by molar-refractivity contribution is 9.10. The van der Waals surface area contributed by atoms with Gasteiger partial charge in [0.15, 0.2) is 0 Å². The maximum Gasteiger partial charge on any atom is 0.119 e. The van der Waals surface area contributed by atoms with Crippen LogP contribution in [0.4, 0.5) is 0 Å². The minimum Gasteiger partial charge on any atom is -0.497 e. The van der Waals surface area contributed by atoms with Crippen molar-refractivity contribution in [3.05, 3.63) is 61.5 Å². The Morgan fingerprint density at radius 3 is 2.62 bits per heavy atom. The van der Waals surface area contributed by atoms with Crippen LogP contribution in [0.25, 0.3) is 0 Å². The Kier molecular flexibility index (Phi) is 6.08. The molecule has 3 nitrogen and oxygen atoms in total. The lowest BCUT2D eigenvalue weighted by molar-refractivity contribution is 0.413. The molecule has 0 heterocycles. The Hall–Kier alpha value is -0.590. The topological polar surface area (TPSA) is 47.3 Å². The Morgan fingerprint density at radius 1 is 1.24 bits per heavy atom. The molecule has 2 aromatic rings. The maximum atomic E-state index is 6.31. The van der Waals surface area contributed by atoms with Gasteiger partial charge < -0.3 is 4.74 Å². The molecule has 3 N–H and O–H groups in total. The van der Waals surface area contributed by atoms with Crippen LogP contribution in [-0.4, -0.2) is 7.11 Å². The van der Waals surface area contributed by atoms with Gasteiger partial charge in [-0.15, -0.1) is 0 Å². The Labute approximate surface area is 146 Å². The van der Waals surface area contributed by atoms with Gasteiger partial charge in [-0.2, -0.15) is 0 Å². The van der Waals surface area contributed by atoms with Gasteiger partial charge in [0.1, 0.15) is 5.75 Å². The average Bonchev–Trinajstić information content (AvgIpc) is 2.47. The molecule has 0 spiro atoms. The van der Waals surface area contributed by atoms with E-state index in [1.165, 1.54) is 0 Å². The summed E-state index contributed by atoms with van der Waals surface area (Å²) in [6, 6.07) is 11.5. The van der Waals surface area contributed by atoms with Gasteiger partial charge >= 0.3 is 0 Å². The molecule has 0 saturated heterocycles. The summed E-state index contributed by atoms with van der Waals surface area (Å²) >= 11 is 13.3. The predicted octanol–water partition coefficient (Wildman–Crippen LogP) is 4.62. The van der Waals surface area contributed by atoms with Crippen LogP contribution in [0.1, 0.15) is 17.2 Å². The number of hydrogen-bond donors (Lipinski definition) is 2. The number of rotatable bonds is 5. The van der Waals surface area contributed by atoms with Crippen LogP contribution in [0, 0.1) is 0 Å². The summed E-state index contributed by atoms with van der Waals surface area (Å²) in [6.07, 6.45) is 0.690. The van der Waals surface area contributed by atoms with Crippen molar-refractivity contribution in [1.82, 2.24) is 5.43 Å². The zero-order valence-corrected chi connectivity index (χ0v) is 15.3. The zero-order chi connectivity index (χ0) is 15.4. The van der Waals surface area contributed by atoms with Crippen LogP contribution < -0.4 is 16.0 Å². The number of halogens is 3. The number of benzene rings is 2. The van der Waals surface area contributed by atoms with E-state index >= 15 is 0 Å². The Morgan fingerprint density at radius 2 is 2.00 bits per heavy atom. The van der Waals surface area contributed by atoms with Crippen LogP contribution in [0.15, 0.2) is 45.3 Å². The molecule has 6 heteroatoms. The van der Waals surface area contributed by atoms with E-state index in [1.807, 2.05) is 36.4 Å². The fourth-order valence-electron chi connectivity index (χ4n) is 2.10. The van der Waals surface area contributed by atoms with Crippen LogP contribution in [-0.2, 0) is 6.42 Å². The van der Waals surface area contributed by atoms with Crippen LogP contribution in [0.2, 0.25) is 5.02 Å². The number of ether oxygens (including phenoxy) is 1. The highest BCUT2D eigenvalue weighted by atomic mass is 79.9. The van der Waals surface area contributed by atoms with Crippen molar-refractivity contribution in [3.63, 3.8) is 0 Å². The van der Waals surface area contributed by atoms with Crippen molar-refractivity contribution < 1.29 is 4.74 Å². The lowest BCUT2D eigenvalue weighted by atomic mass is 9.99. The highest BCUT2D eigenvalue weighted by Crippen LogP contribution is 2.31. The predicted molar refractivity (Wildman–Crippen MR) is 93.6 cm³/mol. The van der Waals surface area contributed by atoms with Crippen molar-refractivity contribution in [3.8, 4) is 5.75 Å². The third-order valence-corrected chi connectivity index (χ3v) is 4.81. The number of hydrazine groups is 1. The first-order valence-corrected chi connectivity index (χ1v) is 8.25.